The highest BCUT2D eigenvalue weighted by atomic mass is 79.9. The first-order valence-electron chi connectivity index (χ1n) is 12.2. The number of amides is 2. The summed E-state index contributed by atoms with van der Waals surface area (Å²) in [7, 11) is 0. The highest BCUT2D eigenvalue weighted by molar-refractivity contribution is 9.10. The van der Waals surface area contributed by atoms with Crippen LogP contribution in [0.4, 0.5) is 9.18 Å². The van der Waals surface area contributed by atoms with Crippen molar-refractivity contribution in [3.63, 3.8) is 0 Å². The number of benzene rings is 3. The van der Waals surface area contributed by atoms with Gasteiger partial charge in [-0.2, -0.15) is 0 Å². The van der Waals surface area contributed by atoms with Crippen molar-refractivity contribution in [3.8, 4) is 11.5 Å². The van der Waals surface area contributed by atoms with Gasteiger partial charge in [-0.3, -0.25) is 9.69 Å². The van der Waals surface area contributed by atoms with Crippen LogP contribution in [-0.4, -0.2) is 29.0 Å². The predicted octanol–water partition coefficient (Wildman–Crippen LogP) is 7.49. The highest BCUT2D eigenvalue weighted by Gasteiger charge is 2.38. The van der Waals surface area contributed by atoms with Crippen LogP contribution in [0.2, 0.25) is 5.02 Å². The van der Waals surface area contributed by atoms with Crippen LogP contribution in [0, 0.1) is 12.7 Å². The molecule has 4 rings (SSSR count). The molecule has 0 aromatic heterocycles. The van der Waals surface area contributed by atoms with Crippen molar-refractivity contribution < 1.29 is 23.5 Å². The molecule has 1 aliphatic rings. The lowest BCUT2D eigenvalue weighted by Gasteiger charge is -2.37. The van der Waals surface area contributed by atoms with Gasteiger partial charge >= 0.3 is 6.09 Å². The van der Waals surface area contributed by atoms with Crippen LogP contribution in [-0.2, 0) is 22.5 Å². The number of fused-ring (bicyclic) bond motifs is 1. The van der Waals surface area contributed by atoms with Crippen LogP contribution in [0.3, 0.4) is 0 Å². The van der Waals surface area contributed by atoms with Gasteiger partial charge in [0, 0.05) is 28.1 Å². The Labute approximate surface area is 235 Å². The number of hydrogen-bond acceptors (Lipinski definition) is 4. The third-order valence-electron chi connectivity index (χ3n) is 6.05. The Kier molecular flexibility index (Phi) is 8.33. The molecule has 0 spiro atoms. The van der Waals surface area contributed by atoms with Gasteiger partial charge in [0.25, 0.3) is 0 Å². The number of hydrogen-bond donors (Lipinski definition) is 1. The average molecular weight is 604 g/mol. The maximum Gasteiger partial charge on any atom is 0.411 e. The minimum Gasteiger partial charge on any atom is -0.457 e. The van der Waals surface area contributed by atoms with Gasteiger partial charge in [-0.1, -0.05) is 39.7 Å². The van der Waals surface area contributed by atoms with E-state index in [1.807, 2.05) is 18.2 Å². The first-order chi connectivity index (χ1) is 17.9. The van der Waals surface area contributed by atoms with E-state index < -0.39 is 17.7 Å². The molecule has 1 N–H and O–H groups in total. The van der Waals surface area contributed by atoms with Crippen LogP contribution in [0.15, 0.2) is 59.1 Å². The Morgan fingerprint density at radius 2 is 1.89 bits per heavy atom. The van der Waals surface area contributed by atoms with Crippen molar-refractivity contribution in [1.29, 1.82) is 0 Å². The monoisotopic (exact) mass is 602 g/mol. The molecule has 3 aromatic carbocycles. The van der Waals surface area contributed by atoms with Gasteiger partial charge in [-0.15, -0.1) is 0 Å². The fourth-order valence-electron chi connectivity index (χ4n) is 4.25. The lowest BCUT2D eigenvalue weighted by atomic mass is 9.92. The highest BCUT2D eigenvalue weighted by Crippen LogP contribution is 2.34. The molecule has 1 atom stereocenters. The topological polar surface area (TPSA) is 67.9 Å². The van der Waals surface area contributed by atoms with Gasteiger partial charge in [0.1, 0.15) is 29.0 Å². The second-order valence-corrected chi connectivity index (χ2v) is 11.5. The molecule has 1 unspecified atom stereocenters. The number of nitrogens with one attached hydrogen (secondary N) is 1. The normalized spacial score (nSPS) is 15.0. The maximum absolute atomic E-state index is 13.7. The van der Waals surface area contributed by atoms with E-state index in [-0.39, 0.29) is 18.3 Å². The molecule has 0 bridgehead atoms. The number of aryl methyl sites for hydroxylation is 1. The maximum atomic E-state index is 13.7. The molecule has 1 aliphatic heterocycles. The van der Waals surface area contributed by atoms with Crippen molar-refractivity contribution in [1.82, 2.24) is 10.2 Å². The summed E-state index contributed by atoms with van der Waals surface area (Å²) in [5.74, 6) is 0.199. The summed E-state index contributed by atoms with van der Waals surface area (Å²) in [6.07, 6.45) is 0.0535. The van der Waals surface area contributed by atoms with Crippen molar-refractivity contribution in [2.45, 2.75) is 52.3 Å². The first kappa shape index (κ1) is 27.9. The summed E-state index contributed by atoms with van der Waals surface area (Å²) in [4.78, 5) is 28.2. The largest absolute Gasteiger partial charge is 0.457 e. The Hall–Kier alpha value is -3.10. The van der Waals surface area contributed by atoms with E-state index in [9.17, 15) is 14.0 Å². The second kappa shape index (κ2) is 11.3. The van der Waals surface area contributed by atoms with Crippen molar-refractivity contribution in [2.75, 3.05) is 6.54 Å². The standard InChI is InChI=1S/C29H29BrClFN2O4/c1-17-13-22(8-10-24(17)32)37-25-15-21(31)7-5-19(25)16-33-27(35)26-23-9-6-20(30)14-18(23)11-12-34(26)28(36)38-29(2,3)4/h5-10,13-15,26H,11-12,16H2,1-4H3,(H,33,35). The summed E-state index contributed by atoms with van der Waals surface area (Å²) in [6.45, 7) is 7.49. The van der Waals surface area contributed by atoms with E-state index in [0.717, 1.165) is 15.6 Å². The van der Waals surface area contributed by atoms with Gasteiger partial charge in [-0.05, 0) is 93.3 Å². The third kappa shape index (κ3) is 6.66. The zero-order chi connectivity index (χ0) is 27.6. The molecule has 200 valence electrons. The molecular weight excluding hydrogens is 575 g/mol. The van der Waals surface area contributed by atoms with E-state index in [2.05, 4.69) is 21.2 Å². The first-order valence-corrected chi connectivity index (χ1v) is 13.4. The Balaban J connectivity index is 1.59. The Morgan fingerprint density at radius 3 is 2.61 bits per heavy atom. The fourth-order valence-corrected chi connectivity index (χ4v) is 4.82. The quantitative estimate of drug-likeness (QED) is 0.328. The van der Waals surface area contributed by atoms with Crippen LogP contribution in [0.1, 0.15) is 49.1 Å². The second-order valence-electron chi connectivity index (χ2n) is 10.2. The van der Waals surface area contributed by atoms with Crippen molar-refractivity contribution in [2.24, 2.45) is 0 Å². The summed E-state index contributed by atoms with van der Waals surface area (Å²) in [6, 6.07) is 14.4. The van der Waals surface area contributed by atoms with E-state index in [4.69, 9.17) is 21.1 Å². The van der Waals surface area contributed by atoms with E-state index in [1.54, 1.807) is 52.0 Å². The van der Waals surface area contributed by atoms with Gasteiger partial charge in [0.05, 0.1) is 0 Å². The lowest BCUT2D eigenvalue weighted by molar-refractivity contribution is -0.127. The van der Waals surface area contributed by atoms with E-state index in [0.29, 0.717) is 40.6 Å². The van der Waals surface area contributed by atoms with E-state index in [1.165, 1.54) is 17.0 Å². The molecule has 0 saturated carbocycles. The predicted molar refractivity (Wildman–Crippen MR) is 148 cm³/mol. The van der Waals surface area contributed by atoms with Crippen LogP contribution in [0.5, 0.6) is 11.5 Å². The molecule has 1 heterocycles. The number of ether oxygens (including phenoxy) is 2. The number of nitrogens with zero attached hydrogens (tertiary/aromatic N) is 1. The minimum atomic E-state index is -0.863. The van der Waals surface area contributed by atoms with Gasteiger partial charge in [0.15, 0.2) is 0 Å². The molecule has 38 heavy (non-hydrogen) atoms. The molecular formula is C29H29BrClFN2O4. The van der Waals surface area contributed by atoms with Crippen molar-refractivity contribution in [3.05, 3.63) is 92.2 Å². The molecule has 0 fully saturated rings. The third-order valence-corrected chi connectivity index (χ3v) is 6.78. The van der Waals surface area contributed by atoms with Crippen LogP contribution < -0.4 is 10.1 Å². The van der Waals surface area contributed by atoms with Crippen LogP contribution in [0.25, 0.3) is 0 Å². The zero-order valence-corrected chi connectivity index (χ0v) is 24.0. The zero-order valence-electron chi connectivity index (χ0n) is 21.6. The van der Waals surface area contributed by atoms with Gasteiger partial charge in [0.2, 0.25) is 5.91 Å². The van der Waals surface area contributed by atoms with Gasteiger partial charge in [-0.25, -0.2) is 9.18 Å². The smallest absolute Gasteiger partial charge is 0.411 e. The molecule has 0 saturated heterocycles. The Morgan fingerprint density at radius 1 is 1.13 bits per heavy atom. The molecule has 2 amide bonds. The molecule has 0 aliphatic carbocycles. The minimum absolute atomic E-state index is 0.121. The number of carbonyl (C=O) groups excluding carboxylic acids is 2. The van der Waals surface area contributed by atoms with Crippen molar-refractivity contribution >= 4 is 39.5 Å². The molecule has 0 radical (unpaired) electrons. The summed E-state index contributed by atoms with van der Waals surface area (Å²) in [5, 5.41) is 3.41. The molecule has 3 aromatic rings. The summed E-state index contributed by atoms with van der Waals surface area (Å²) in [5.41, 5.74) is 2.15. The Bertz CT molecular complexity index is 1380. The lowest BCUT2D eigenvalue weighted by Crippen LogP contribution is -2.48. The summed E-state index contributed by atoms with van der Waals surface area (Å²) < 4.78 is 26.2. The number of rotatable bonds is 5. The fraction of sp³-hybridized carbons (Fsp3) is 0.310. The molecule has 9 heteroatoms. The van der Waals surface area contributed by atoms with E-state index >= 15 is 0 Å². The van der Waals surface area contributed by atoms with Crippen LogP contribution >= 0.6 is 27.5 Å². The van der Waals surface area contributed by atoms with Gasteiger partial charge < -0.3 is 14.8 Å². The summed E-state index contributed by atoms with van der Waals surface area (Å²) >= 11 is 9.70. The number of carbonyl (C=O) groups is 2. The SMILES string of the molecule is Cc1cc(Oc2cc(Cl)ccc2CNC(=O)C2c3ccc(Br)cc3CCN2C(=O)OC(C)(C)C)ccc1F. The number of halogens is 3. The molecule has 6 nitrogen and oxygen atoms in total. The average Bonchev–Trinajstić information content (AvgIpc) is 2.83.